The molecule has 2 fully saturated rings. The lowest BCUT2D eigenvalue weighted by atomic mass is 9.88. The summed E-state index contributed by atoms with van der Waals surface area (Å²) in [5.41, 5.74) is -3.30. The van der Waals surface area contributed by atoms with E-state index in [9.17, 15) is 40.7 Å². The van der Waals surface area contributed by atoms with Gasteiger partial charge >= 0.3 is 12.4 Å². The number of nitrogens with zero attached hydrogens (tertiary/aromatic N) is 1. The molecular weight excluding hydrogens is 540 g/mol. The Balaban J connectivity index is 1.36. The average Bonchev–Trinajstić information content (AvgIpc) is 2.93. The zero-order chi connectivity index (χ0) is 29.1. The molecule has 3 amide bonds. The number of hydrogen-bond acceptors (Lipinski definition) is 3. The summed E-state index contributed by atoms with van der Waals surface area (Å²) in [7, 11) is 0. The molecule has 2 aromatic carbocycles. The van der Waals surface area contributed by atoms with Crippen molar-refractivity contribution in [3.63, 3.8) is 0 Å². The largest absolute Gasteiger partial charge is 0.416 e. The lowest BCUT2D eigenvalue weighted by molar-refractivity contribution is -0.143. The fraction of sp³-hybridized carbons (Fsp3) is 0.464. The van der Waals surface area contributed by atoms with Crippen molar-refractivity contribution in [3.05, 3.63) is 70.8 Å². The molecule has 2 aromatic rings. The number of alkyl halides is 6. The molecule has 1 aliphatic heterocycles. The molecule has 0 unspecified atom stereocenters. The smallest absolute Gasteiger partial charge is 0.351 e. The van der Waals surface area contributed by atoms with E-state index in [0.717, 1.165) is 12.8 Å². The normalized spacial score (nSPS) is 20.6. The van der Waals surface area contributed by atoms with Gasteiger partial charge in [-0.25, -0.2) is 0 Å². The van der Waals surface area contributed by atoms with Crippen LogP contribution in [0.5, 0.6) is 0 Å². The van der Waals surface area contributed by atoms with Gasteiger partial charge in [0.1, 0.15) is 0 Å². The number of hydrogen-bond donors (Lipinski definition) is 2. The van der Waals surface area contributed by atoms with Crippen molar-refractivity contribution in [2.24, 2.45) is 5.92 Å². The summed E-state index contributed by atoms with van der Waals surface area (Å²) in [6, 6.07) is 9.01. The van der Waals surface area contributed by atoms with Crippen molar-refractivity contribution in [3.8, 4) is 0 Å². The Kier molecular flexibility index (Phi) is 8.74. The van der Waals surface area contributed by atoms with Crippen molar-refractivity contribution in [2.45, 2.75) is 63.0 Å². The predicted octanol–water partition coefficient (Wildman–Crippen LogP) is 5.43. The summed E-state index contributed by atoms with van der Waals surface area (Å²) in [6.07, 6.45) is -6.54. The topological polar surface area (TPSA) is 78.5 Å². The predicted molar refractivity (Wildman–Crippen MR) is 133 cm³/mol. The maximum atomic E-state index is 13.2. The standard InChI is InChI=1S/C28H29F6N3O3/c29-27(30,31)20-14-19(15-21(16-20)28(32,33)34)26(40)37-12-10-18(11-13-37)25(39)36-23-9-5-4-8-22(23)35-24(38)17-6-2-1-3-7-17/h1-3,6-7,14-16,18,22-23H,4-5,8-13H2,(H,35,38)(H,36,39)/t22-,23-/m1/s1. The van der Waals surface area contributed by atoms with Crippen LogP contribution in [0.2, 0.25) is 0 Å². The second-order valence-electron chi connectivity index (χ2n) is 10.2. The van der Waals surface area contributed by atoms with Gasteiger partial charge in [0.2, 0.25) is 5.91 Å². The highest BCUT2D eigenvalue weighted by Gasteiger charge is 2.39. The van der Waals surface area contributed by atoms with Gasteiger partial charge in [-0.2, -0.15) is 26.3 Å². The van der Waals surface area contributed by atoms with E-state index in [1.807, 2.05) is 0 Å². The first kappa shape index (κ1) is 29.4. The zero-order valence-corrected chi connectivity index (χ0v) is 21.4. The number of carbonyl (C=O) groups is 3. The SMILES string of the molecule is O=C(N[C@@H]1CCCC[C@H]1NC(=O)C1CCN(C(=O)c2cc(C(F)(F)F)cc(C(F)(F)F)c2)CC1)c1ccccc1. The van der Waals surface area contributed by atoms with Crippen LogP contribution >= 0.6 is 0 Å². The molecule has 2 N–H and O–H groups in total. The Morgan fingerprint density at radius 2 is 1.23 bits per heavy atom. The Hall–Kier alpha value is -3.57. The number of carbonyl (C=O) groups excluding carboxylic acids is 3. The first-order valence-electron chi connectivity index (χ1n) is 13.1. The number of likely N-dealkylation sites (tertiary alicyclic amines) is 1. The van der Waals surface area contributed by atoms with Gasteiger partial charge in [-0.3, -0.25) is 14.4 Å². The molecule has 216 valence electrons. The molecule has 2 atom stereocenters. The summed E-state index contributed by atoms with van der Waals surface area (Å²) >= 11 is 0. The van der Waals surface area contributed by atoms with Crippen molar-refractivity contribution in [2.75, 3.05) is 13.1 Å². The average molecular weight is 570 g/mol. The van der Waals surface area contributed by atoms with Crippen molar-refractivity contribution in [1.29, 1.82) is 0 Å². The van der Waals surface area contributed by atoms with Crippen LogP contribution in [0.25, 0.3) is 0 Å². The summed E-state index contributed by atoms with van der Waals surface area (Å²) in [4.78, 5) is 39.7. The highest BCUT2D eigenvalue weighted by molar-refractivity contribution is 5.95. The molecular formula is C28H29F6N3O3. The molecule has 1 aliphatic carbocycles. The number of benzene rings is 2. The van der Waals surface area contributed by atoms with E-state index in [-0.39, 0.29) is 55.9 Å². The van der Waals surface area contributed by atoms with Crippen LogP contribution < -0.4 is 10.6 Å². The number of piperidine rings is 1. The Morgan fingerprint density at radius 1 is 0.700 bits per heavy atom. The van der Waals surface area contributed by atoms with Gasteiger partial charge in [0.15, 0.2) is 0 Å². The number of amides is 3. The molecule has 6 nitrogen and oxygen atoms in total. The van der Waals surface area contributed by atoms with E-state index in [1.54, 1.807) is 30.3 Å². The maximum absolute atomic E-state index is 13.2. The minimum Gasteiger partial charge on any atom is -0.351 e. The molecule has 40 heavy (non-hydrogen) atoms. The minimum absolute atomic E-state index is 0.00730. The molecule has 0 bridgehead atoms. The second-order valence-corrected chi connectivity index (χ2v) is 10.2. The van der Waals surface area contributed by atoms with Crippen molar-refractivity contribution < 1.29 is 40.7 Å². The summed E-state index contributed by atoms with van der Waals surface area (Å²) < 4.78 is 79.2. The van der Waals surface area contributed by atoms with Crippen LogP contribution in [0, 0.1) is 5.92 Å². The summed E-state index contributed by atoms with van der Waals surface area (Å²) in [5.74, 6) is -1.92. The number of nitrogens with one attached hydrogen (secondary N) is 2. The van der Waals surface area contributed by atoms with Crippen molar-refractivity contribution in [1.82, 2.24) is 15.5 Å². The lowest BCUT2D eigenvalue weighted by Gasteiger charge is -2.36. The van der Waals surface area contributed by atoms with Gasteiger partial charge in [-0.15, -0.1) is 0 Å². The summed E-state index contributed by atoms with van der Waals surface area (Å²) in [6.45, 7) is 0.0146. The third-order valence-corrected chi connectivity index (χ3v) is 7.43. The Labute approximate surface area is 227 Å². The minimum atomic E-state index is -5.06. The van der Waals surface area contributed by atoms with Gasteiger partial charge in [-0.05, 0) is 56.0 Å². The fourth-order valence-corrected chi connectivity index (χ4v) is 5.22. The third kappa shape index (κ3) is 7.14. The first-order chi connectivity index (χ1) is 18.8. The quantitative estimate of drug-likeness (QED) is 0.472. The highest BCUT2D eigenvalue weighted by atomic mass is 19.4. The van der Waals surface area contributed by atoms with Gasteiger partial charge in [-0.1, -0.05) is 31.0 Å². The number of rotatable bonds is 5. The second kappa shape index (κ2) is 11.9. The van der Waals surface area contributed by atoms with Crippen LogP contribution in [-0.4, -0.2) is 47.8 Å². The molecule has 4 rings (SSSR count). The lowest BCUT2D eigenvalue weighted by Crippen LogP contribution is -2.55. The van der Waals surface area contributed by atoms with Crippen LogP contribution in [0.1, 0.15) is 70.4 Å². The maximum Gasteiger partial charge on any atom is 0.416 e. The molecule has 12 heteroatoms. The van der Waals surface area contributed by atoms with E-state index in [4.69, 9.17) is 0 Å². The van der Waals surface area contributed by atoms with E-state index in [1.165, 1.54) is 4.90 Å². The first-order valence-corrected chi connectivity index (χ1v) is 13.1. The zero-order valence-electron chi connectivity index (χ0n) is 21.4. The molecule has 0 aromatic heterocycles. The molecule has 2 aliphatic rings. The van der Waals surface area contributed by atoms with Crippen LogP contribution in [0.4, 0.5) is 26.3 Å². The van der Waals surface area contributed by atoms with Crippen LogP contribution in [0.15, 0.2) is 48.5 Å². The van der Waals surface area contributed by atoms with Crippen LogP contribution in [-0.2, 0) is 17.1 Å². The highest BCUT2D eigenvalue weighted by Crippen LogP contribution is 2.37. The van der Waals surface area contributed by atoms with Crippen LogP contribution in [0.3, 0.4) is 0 Å². The van der Waals surface area contributed by atoms with E-state index < -0.39 is 40.9 Å². The molecule has 1 saturated carbocycles. The molecule has 0 radical (unpaired) electrons. The molecule has 0 spiro atoms. The molecule has 1 saturated heterocycles. The molecule has 1 heterocycles. The van der Waals surface area contributed by atoms with E-state index in [2.05, 4.69) is 10.6 Å². The number of halogens is 6. The fourth-order valence-electron chi connectivity index (χ4n) is 5.22. The Bertz CT molecular complexity index is 1190. The summed E-state index contributed by atoms with van der Waals surface area (Å²) in [5, 5.41) is 6.01. The van der Waals surface area contributed by atoms with Gasteiger partial charge in [0.25, 0.3) is 11.8 Å². The van der Waals surface area contributed by atoms with E-state index in [0.29, 0.717) is 30.5 Å². The van der Waals surface area contributed by atoms with Gasteiger partial charge < -0.3 is 15.5 Å². The third-order valence-electron chi connectivity index (χ3n) is 7.43. The van der Waals surface area contributed by atoms with Crippen molar-refractivity contribution >= 4 is 17.7 Å². The van der Waals surface area contributed by atoms with Gasteiger partial charge in [0, 0.05) is 42.2 Å². The van der Waals surface area contributed by atoms with Gasteiger partial charge in [0.05, 0.1) is 11.1 Å². The van der Waals surface area contributed by atoms with E-state index >= 15 is 0 Å². The monoisotopic (exact) mass is 569 g/mol. The Morgan fingerprint density at radius 3 is 1.75 bits per heavy atom.